The molecule has 4 rings (SSSR count). The van der Waals surface area contributed by atoms with E-state index >= 15 is 0 Å². The molecule has 29 heavy (non-hydrogen) atoms. The van der Waals surface area contributed by atoms with Crippen molar-refractivity contribution in [2.45, 2.75) is 25.5 Å². The number of ether oxygens (including phenoxy) is 1. The van der Waals surface area contributed by atoms with Crippen LogP contribution in [0, 0.1) is 5.82 Å². The zero-order valence-electron chi connectivity index (χ0n) is 16.0. The lowest BCUT2D eigenvalue weighted by molar-refractivity contribution is 0.0902. The topological polar surface area (TPSA) is 67.9 Å². The number of nitrogens with zero attached hydrogens (tertiary/aromatic N) is 1. The maximum Gasteiger partial charge on any atom is 0.287 e. The molecule has 1 unspecified atom stereocenters. The summed E-state index contributed by atoms with van der Waals surface area (Å²) in [5, 5.41) is 2.94. The first-order chi connectivity index (χ1) is 14.2. The summed E-state index contributed by atoms with van der Waals surface area (Å²) in [6.45, 7) is 2.58. The smallest absolute Gasteiger partial charge is 0.287 e. The SMILES string of the molecule is O=C(NCC(c1ccco1)N1CCCC1)c1ccc(COc2ccc(F)cc2)o1. The second-order valence-corrected chi connectivity index (χ2v) is 6.99. The fourth-order valence-electron chi connectivity index (χ4n) is 3.48. The number of halogens is 1. The van der Waals surface area contributed by atoms with Crippen molar-refractivity contribution in [3.05, 3.63) is 77.9 Å². The molecule has 0 aliphatic carbocycles. The number of likely N-dealkylation sites (tertiary alicyclic amines) is 1. The minimum Gasteiger partial charge on any atom is -0.486 e. The Morgan fingerprint density at radius 2 is 1.93 bits per heavy atom. The predicted octanol–water partition coefficient (Wildman–Crippen LogP) is 4.16. The van der Waals surface area contributed by atoms with Crippen LogP contribution in [-0.4, -0.2) is 30.4 Å². The van der Waals surface area contributed by atoms with Crippen LogP contribution in [0.5, 0.6) is 5.75 Å². The minimum atomic E-state index is -0.323. The molecule has 1 atom stereocenters. The highest BCUT2D eigenvalue weighted by molar-refractivity contribution is 5.91. The molecule has 1 aliphatic heterocycles. The van der Waals surface area contributed by atoms with Gasteiger partial charge < -0.3 is 18.9 Å². The Labute approximate surface area is 168 Å². The van der Waals surface area contributed by atoms with Crippen molar-refractivity contribution in [3.8, 4) is 5.75 Å². The molecular formula is C22H23FN2O4. The van der Waals surface area contributed by atoms with Crippen molar-refractivity contribution in [3.63, 3.8) is 0 Å². The predicted molar refractivity (Wildman–Crippen MR) is 104 cm³/mol. The van der Waals surface area contributed by atoms with E-state index in [0.29, 0.717) is 18.1 Å². The average Bonchev–Trinajstić information content (AvgIpc) is 3.50. The van der Waals surface area contributed by atoms with Gasteiger partial charge in [0.2, 0.25) is 0 Å². The van der Waals surface area contributed by atoms with E-state index < -0.39 is 0 Å². The molecule has 1 aliphatic rings. The number of carbonyl (C=O) groups is 1. The summed E-state index contributed by atoms with van der Waals surface area (Å²) in [6, 6.07) is 12.9. The summed E-state index contributed by atoms with van der Waals surface area (Å²) in [5.74, 6) is 1.51. The number of hydrogen-bond acceptors (Lipinski definition) is 5. The summed E-state index contributed by atoms with van der Waals surface area (Å²) >= 11 is 0. The lowest BCUT2D eigenvalue weighted by Gasteiger charge is -2.25. The highest BCUT2D eigenvalue weighted by Gasteiger charge is 2.26. The lowest BCUT2D eigenvalue weighted by atomic mass is 10.2. The van der Waals surface area contributed by atoms with Crippen LogP contribution in [0.2, 0.25) is 0 Å². The van der Waals surface area contributed by atoms with Crippen molar-refractivity contribution in [1.82, 2.24) is 10.2 Å². The largest absolute Gasteiger partial charge is 0.486 e. The zero-order valence-corrected chi connectivity index (χ0v) is 16.0. The van der Waals surface area contributed by atoms with Crippen LogP contribution in [-0.2, 0) is 6.61 Å². The fourth-order valence-corrected chi connectivity index (χ4v) is 3.48. The van der Waals surface area contributed by atoms with Gasteiger partial charge in [-0.15, -0.1) is 0 Å². The van der Waals surface area contributed by atoms with E-state index in [-0.39, 0.29) is 30.1 Å². The van der Waals surface area contributed by atoms with Gasteiger partial charge in [-0.1, -0.05) is 0 Å². The van der Waals surface area contributed by atoms with Crippen LogP contribution in [0.25, 0.3) is 0 Å². The first-order valence-electron chi connectivity index (χ1n) is 9.72. The third-order valence-corrected chi connectivity index (χ3v) is 4.99. The normalized spacial score (nSPS) is 15.3. The average molecular weight is 398 g/mol. The molecule has 6 nitrogen and oxygen atoms in total. The number of hydrogen-bond donors (Lipinski definition) is 1. The molecule has 1 saturated heterocycles. The summed E-state index contributed by atoms with van der Waals surface area (Å²) in [6.07, 6.45) is 3.96. The number of amides is 1. The van der Waals surface area contributed by atoms with Crippen molar-refractivity contribution in [2.24, 2.45) is 0 Å². The van der Waals surface area contributed by atoms with E-state index in [1.54, 1.807) is 30.5 Å². The fraction of sp³-hybridized carbons (Fsp3) is 0.318. The standard InChI is InChI=1S/C22H23FN2O4/c23-16-5-7-17(8-6-16)28-15-18-9-10-21(29-18)22(26)24-14-19(20-4-3-13-27-20)25-11-1-2-12-25/h3-10,13,19H,1-2,11-12,14-15H2,(H,24,26). The molecule has 1 N–H and O–H groups in total. The lowest BCUT2D eigenvalue weighted by Crippen LogP contribution is -2.36. The second-order valence-electron chi connectivity index (χ2n) is 6.99. The molecule has 152 valence electrons. The van der Waals surface area contributed by atoms with Gasteiger partial charge in [0.15, 0.2) is 5.76 Å². The molecular weight excluding hydrogens is 375 g/mol. The zero-order chi connectivity index (χ0) is 20.1. The van der Waals surface area contributed by atoms with E-state index in [2.05, 4.69) is 10.2 Å². The van der Waals surface area contributed by atoms with Gasteiger partial charge in [0, 0.05) is 6.54 Å². The van der Waals surface area contributed by atoms with E-state index in [1.165, 1.54) is 12.1 Å². The van der Waals surface area contributed by atoms with Gasteiger partial charge >= 0.3 is 0 Å². The number of rotatable bonds is 8. The van der Waals surface area contributed by atoms with Gasteiger partial charge in [-0.2, -0.15) is 0 Å². The van der Waals surface area contributed by atoms with Gasteiger partial charge in [-0.25, -0.2) is 4.39 Å². The van der Waals surface area contributed by atoms with Crippen LogP contribution < -0.4 is 10.1 Å². The van der Waals surface area contributed by atoms with E-state index in [0.717, 1.165) is 31.7 Å². The first-order valence-corrected chi connectivity index (χ1v) is 9.72. The summed E-state index contributed by atoms with van der Waals surface area (Å²) in [5.41, 5.74) is 0. The molecule has 7 heteroatoms. The Morgan fingerprint density at radius 3 is 2.66 bits per heavy atom. The molecule has 0 saturated carbocycles. The van der Waals surface area contributed by atoms with Crippen molar-refractivity contribution in [2.75, 3.05) is 19.6 Å². The molecule has 3 aromatic rings. The van der Waals surface area contributed by atoms with E-state index in [9.17, 15) is 9.18 Å². The van der Waals surface area contributed by atoms with E-state index in [1.807, 2.05) is 12.1 Å². The molecule has 1 aromatic carbocycles. The molecule has 0 spiro atoms. The molecule has 0 radical (unpaired) electrons. The maximum absolute atomic E-state index is 12.9. The van der Waals surface area contributed by atoms with Gasteiger partial charge in [0.25, 0.3) is 5.91 Å². The van der Waals surface area contributed by atoms with Gasteiger partial charge in [-0.3, -0.25) is 9.69 Å². The van der Waals surface area contributed by atoms with Crippen LogP contribution in [0.15, 0.2) is 63.6 Å². The first kappa shape index (κ1) is 19.3. The third kappa shape index (κ3) is 4.86. The van der Waals surface area contributed by atoms with Gasteiger partial charge in [0.1, 0.15) is 29.7 Å². The maximum atomic E-state index is 12.9. The minimum absolute atomic E-state index is 0.00712. The van der Waals surface area contributed by atoms with Crippen molar-refractivity contribution in [1.29, 1.82) is 0 Å². The van der Waals surface area contributed by atoms with Crippen molar-refractivity contribution >= 4 is 5.91 Å². The van der Waals surface area contributed by atoms with E-state index in [4.69, 9.17) is 13.6 Å². The molecule has 3 heterocycles. The third-order valence-electron chi connectivity index (χ3n) is 4.99. The Balaban J connectivity index is 1.33. The monoisotopic (exact) mass is 398 g/mol. The Morgan fingerprint density at radius 1 is 1.14 bits per heavy atom. The number of benzene rings is 1. The molecule has 1 amide bonds. The van der Waals surface area contributed by atoms with Crippen LogP contribution in [0.3, 0.4) is 0 Å². The van der Waals surface area contributed by atoms with Crippen LogP contribution >= 0.6 is 0 Å². The highest BCUT2D eigenvalue weighted by atomic mass is 19.1. The summed E-state index contributed by atoms with van der Waals surface area (Å²) < 4.78 is 29.6. The Hall–Kier alpha value is -3.06. The Bertz CT molecular complexity index is 915. The van der Waals surface area contributed by atoms with Crippen LogP contribution in [0.1, 0.15) is 41.0 Å². The number of furan rings is 2. The number of nitrogens with one attached hydrogen (secondary N) is 1. The Kier molecular flexibility index (Phi) is 5.95. The highest BCUT2D eigenvalue weighted by Crippen LogP contribution is 2.25. The second kappa shape index (κ2) is 8.96. The molecule has 0 bridgehead atoms. The van der Waals surface area contributed by atoms with Gasteiger partial charge in [0.05, 0.1) is 12.3 Å². The van der Waals surface area contributed by atoms with Crippen molar-refractivity contribution < 1.29 is 22.8 Å². The summed E-state index contributed by atoms with van der Waals surface area (Å²) in [7, 11) is 0. The number of carbonyl (C=O) groups excluding carboxylic acids is 1. The quantitative estimate of drug-likeness (QED) is 0.617. The van der Waals surface area contributed by atoms with Crippen LogP contribution in [0.4, 0.5) is 4.39 Å². The molecule has 1 fully saturated rings. The summed E-state index contributed by atoms with van der Waals surface area (Å²) in [4.78, 5) is 14.8. The molecule has 2 aromatic heterocycles. The van der Waals surface area contributed by atoms with Gasteiger partial charge in [-0.05, 0) is 74.5 Å².